The van der Waals surface area contributed by atoms with E-state index in [9.17, 15) is 10.1 Å². The number of aryl methyl sites for hydroxylation is 1. The standard InChI is InChI=1S/C24H23N2O3/c1-3-4-15-29-19-13-14-20-21-7-5-6-8-23(21)25(2)24(22(20)16-19)17-9-11-18(12-10-17)26(27)28/h5-14,16H,3-4,15H2,1-2H3/q+1. The Morgan fingerprint density at radius 2 is 1.72 bits per heavy atom. The minimum atomic E-state index is -0.373. The van der Waals surface area contributed by atoms with Crippen molar-refractivity contribution in [1.29, 1.82) is 0 Å². The fourth-order valence-electron chi connectivity index (χ4n) is 3.76. The molecule has 0 aliphatic heterocycles. The number of pyridine rings is 1. The van der Waals surface area contributed by atoms with Gasteiger partial charge in [0.25, 0.3) is 5.69 Å². The number of aromatic nitrogens is 1. The lowest BCUT2D eigenvalue weighted by Gasteiger charge is -2.12. The van der Waals surface area contributed by atoms with Gasteiger partial charge in [-0.3, -0.25) is 10.1 Å². The number of non-ortho nitro benzene ring substituents is 1. The second-order valence-corrected chi connectivity index (χ2v) is 7.14. The Balaban J connectivity index is 1.97. The van der Waals surface area contributed by atoms with Gasteiger partial charge < -0.3 is 4.74 Å². The van der Waals surface area contributed by atoms with E-state index in [0.29, 0.717) is 6.61 Å². The predicted octanol–water partition coefficient (Wildman–Crippen LogP) is 5.57. The summed E-state index contributed by atoms with van der Waals surface area (Å²) < 4.78 is 8.10. The molecule has 1 heterocycles. The molecule has 0 atom stereocenters. The maximum absolute atomic E-state index is 11.1. The second-order valence-electron chi connectivity index (χ2n) is 7.14. The molecular weight excluding hydrogens is 364 g/mol. The quantitative estimate of drug-likeness (QED) is 0.143. The van der Waals surface area contributed by atoms with Crippen LogP contribution >= 0.6 is 0 Å². The number of nitrogens with zero attached hydrogens (tertiary/aromatic N) is 2. The molecule has 4 aromatic rings. The molecule has 0 bridgehead atoms. The van der Waals surface area contributed by atoms with E-state index in [-0.39, 0.29) is 10.6 Å². The molecule has 0 aliphatic carbocycles. The van der Waals surface area contributed by atoms with Crippen molar-refractivity contribution in [3.63, 3.8) is 0 Å². The largest absolute Gasteiger partial charge is 0.494 e. The van der Waals surface area contributed by atoms with Crippen molar-refractivity contribution in [2.24, 2.45) is 7.05 Å². The predicted molar refractivity (Wildman–Crippen MR) is 115 cm³/mol. The lowest BCUT2D eigenvalue weighted by Crippen LogP contribution is -2.32. The van der Waals surface area contributed by atoms with Crippen LogP contribution in [-0.4, -0.2) is 11.5 Å². The molecule has 1 aromatic heterocycles. The average Bonchev–Trinajstić information content (AvgIpc) is 2.74. The first-order valence-corrected chi connectivity index (χ1v) is 9.82. The Morgan fingerprint density at radius 3 is 2.45 bits per heavy atom. The molecule has 3 aromatic carbocycles. The van der Waals surface area contributed by atoms with Crippen molar-refractivity contribution in [2.75, 3.05) is 6.61 Å². The molecule has 5 nitrogen and oxygen atoms in total. The Labute approximate surface area is 169 Å². The molecule has 0 fully saturated rings. The fourth-order valence-corrected chi connectivity index (χ4v) is 3.76. The van der Waals surface area contributed by atoms with Gasteiger partial charge in [0.05, 0.1) is 22.3 Å². The van der Waals surface area contributed by atoms with E-state index in [4.69, 9.17) is 4.74 Å². The van der Waals surface area contributed by atoms with Crippen LogP contribution in [0.15, 0.2) is 66.7 Å². The summed E-state index contributed by atoms with van der Waals surface area (Å²) in [6.45, 7) is 2.83. The van der Waals surface area contributed by atoms with Crippen LogP contribution < -0.4 is 9.30 Å². The van der Waals surface area contributed by atoms with Gasteiger partial charge in [0.2, 0.25) is 11.2 Å². The molecule has 0 saturated heterocycles. The van der Waals surface area contributed by atoms with Gasteiger partial charge in [-0.2, -0.15) is 4.57 Å². The Hall–Kier alpha value is -3.47. The summed E-state index contributed by atoms with van der Waals surface area (Å²) in [5.41, 5.74) is 3.13. The highest BCUT2D eigenvalue weighted by Gasteiger charge is 2.21. The van der Waals surface area contributed by atoms with Crippen molar-refractivity contribution in [3.8, 4) is 17.0 Å². The van der Waals surface area contributed by atoms with Crippen LogP contribution in [-0.2, 0) is 7.05 Å². The topological polar surface area (TPSA) is 56.3 Å². The SMILES string of the molecule is CCCCOc1ccc2c(c1)c(-c1ccc([N+](=O)[O-])cc1)[n+](C)c1ccccc21. The number of para-hydroxylation sites is 1. The molecule has 0 amide bonds. The molecule has 0 saturated carbocycles. The molecule has 0 aliphatic rings. The van der Waals surface area contributed by atoms with Gasteiger partial charge in [-0.25, -0.2) is 0 Å². The highest BCUT2D eigenvalue weighted by atomic mass is 16.6. The van der Waals surface area contributed by atoms with Crippen LogP contribution in [0.3, 0.4) is 0 Å². The number of hydrogen-bond acceptors (Lipinski definition) is 3. The summed E-state index contributed by atoms with van der Waals surface area (Å²) >= 11 is 0. The first-order chi connectivity index (χ1) is 14.1. The smallest absolute Gasteiger partial charge is 0.269 e. The summed E-state index contributed by atoms with van der Waals surface area (Å²) in [6.07, 6.45) is 2.10. The van der Waals surface area contributed by atoms with Crippen molar-refractivity contribution in [3.05, 3.63) is 76.8 Å². The molecule has 4 rings (SSSR count). The number of rotatable bonds is 6. The molecular formula is C24H23N2O3+. The number of ether oxygens (including phenoxy) is 1. The zero-order valence-corrected chi connectivity index (χ0v) is 16.6. The summed E-state index contributed by atoms with van der Waals surface area (Å²) in [5.74, 6) is 0.837. The van der Waals surface area contributed by atoms with Gasteiger partial charge in [0, 0.05) is 29.1 Å². The van der Waals surface area contributed by atoms with Crippen LogP contribution in [0.25, 0.3) is 32.9 Å². The highest BCUT2D eigenvalue weighted by molar-refractivity contribution is 6.09. The van der Waals surface area contributed by atoms with Crippen molar-refractivity contribution in [1.82, 2.24) is 0 Å². The Kier molecular flexibility index (Phi) is 5.12. The maximum Gasteiger partial charge on any atom is 0.269 e. The third-order valence-electron chi connectivity index (χ3n) is 5.26. The zero-order chi connectivity index (χ0) is 20.4. The number of hydrogen-bond donors (Lipinski definition) is 0. The molecule has 0 unspecified atom stereocenters. The van der Waals surface area contributed by atoms with E-state index >= 15 is 0 Å². The van der Waals surface area contributed by atoms with Gasteiger partial charge in [-0.1, -0.05) is 25.5 Å². The number of fused-ring (bicyclic) bond motifs is 3. The summed E-state index contributed by atoms with van der Waals surface area (Å²) in [5, 5.41) is 14.4. The van der Waals surface area contributed by atoms with Crippen LogP contribution in [0.5, 0.6) is 5.75 Å². The minimum Gasteiger partial charge on any atom is -0.494 e. The Morgan fingerprint density at radius 1 is 0.966 bits per heavy atom. The first-order valence-electron chi connectivity index (χ1n) is 9.82. The van der Waals surface area contributed by atoms with Crippen molar-refractivity contribution < 1.29 is 14.2 Å². The first kappa shape index (κ1) is 18.9. The van der Waals surface area contributed by atoms with Gasteiger partial charge in [-0.15, -0.1) is 0 Å². The zero-order valence-electron chi connectivity index (χ0n) is 16.6. The molecule has 29 heavy (non-hydrogen) atoms. The van der Waals surface area contributed by atoms with Gasteiger partial charge >= 0.3 is 0 Å². The number of nitro benzene ring substituents is 1. The van der Waals surface area contributed by atoms with E-state index in [1.54, 1.807) is 12.1 Å². The lowest BCUT2D eigenvalue weighted by molar-refractivity contribution is -0.632. The number of benzene rings is 3. The maximum atomic E-state index is 11.1. The fraction of sp³-hybridized carbons (Fsp3) is 0.208. The van der Waals surface area contributed by atoms with Gasteiger partial charge in [-0.05, 0) is 42.8 Å². The minimum absolute atomic E-state index is 0.0880. The van der Waals surface area contributed by atoms with Crippen molar-refractivity contribution in [2.45, 2.75) is 19.8 Å². The van der Waals surface area contributed by atoms with Crippen molar-refractivity contribution >= 4 is 27.4 Å². The van der Waals surface area contributed by atoms with E-state index in [0.717, 1.165) is 51.5 Å². The van der Waals surface area contributed by atoms with E-state index < -0.39 is 0 Å². The van der Waals surface area contributed by atoms with E-state index in [1.807, 2.05) is 37.4 Å². The van der Waals surface area contributed by atoms with Gasteiger partial charge in [0.15, 0.2) is 0 Å². The monoisotopic (exact) mass is 387 g/mol. The molecule has 0 radical (unpaired) electrons. The van der Waals surface area contributed by atoms with Crippen LogP contribution in [0.1, 0.15) is 19.8 Å². The number of nitro groups is 1. The molecule has 0 N–H and O–H groups in total. The summed E-state index contributed by atoms with van der Waals surface area (Å²) in [7, 11) is 2.03. The second kappa shape index (κ2) is 7.87. The van der Waals surface area contributed by atoms with Crippen LogP contribution in [0.4, 0.5) is 5.69 Å². The third-order valence-corrected chi connectivity index (χ3v) is 5.26. The van der Waals surface area contributed by atoms with Crippen LogP contribution in [0, 0.1) is 10.1 Å². The van der Waals surface area contributed by atoms with Gasteiger partial charge in [0.1, 0.15) is 12.8 Å². The van der Waals surface area contributed by atoms with E-state index in [1.165, 1.54) is 0 Å². The van der Waals surface area contributed by atoms with E-state index in [2.05, 4.69) is 35.8 Å². The summed E-state index contributed by atoms with van der Waals surface area (Å²) in [4.78, 5) is 10.7. The normalized spacial score (nSPS) is 11.1. The molecule has 0 spiro atoms. The lowest BCUT2D eigenvalue weighted by atomic mass is 9.99. The molecule has 146 valence electrons. The number of unbranched alkanes of at least 4 members (excludes halogenated alkanes) is 1. The summed E-state index contributed by atoms with van der Waals surface area (Å²) in [6, 6.07) is 21.2. The van der Waals surface area contributed by atoms with Crippen LogP contribution in [0.2, 0.25) is 0 Å². The molecule has 5 heteroatoms. The highest BCUT2D eigenvalue weighted by Crippen LogP contribution is 2.34. The average molecular weight is 387 g/mol. The third kappa shape index (κ3) is 3.51. The Bertz CT molecular complexity index is 1200.